The number of nitrogens with zero attached hydrogens (tertiary/aromatic N) is 1. The Morgan fingerprint density at radius 1 is 1.47 bits per heavy atom. The monoisotopic (exact) mass is 327 g/mol. The van der Waals surface area contributed by atoms with Gasteiger partial charge < -0.3 is 4.74 Å². The Morgan fingerprint density at radius 2 is 2.26 bits per heavy atom. The predicted molar refractivity (Wildman–Crippen MR) is 76.2 cm³/mol. The highest BCUT2D eigenvalue weighted by atomic mass is 79.9. The number of hydrogen-bond donors (Lipinski definition) is 0. The van der Waals surface area contributed by atoms with Crippen LogP contribution in [0.2, 0.25) is 0 Å². The molecule has 5 heteroatoms. The molecule has 0 aliphatic heterocycles. The molecule has 0 fully saturated rings. The summed E-state index contributed by atoms with van der Waals surface area (Å²) in [6.45, 7) is 2.37. The van der Waals surface area contributed by atoms with Crippen molar-refractivity contribution in [2.45, 2.75) is 25.1 Å². The highest BCUT2D eigenvalue weighted by molar-refractivity contribution is 9.08. The van der Waals surface area contributed by atoms with Gasteiger partial charge in [0.25, 0.3) is 0 Å². The minimum atomic E-state index is -0.533. The molecule has 0 unspecified atom stereocenters. The Hall–Kier alpha value is -1.36. The molecule has 0 saturated carbocycles. The SMILES string of the molecule is CCCCOC(=O)n1ccc2cc(CBr)cc(F)c21. The molecular weight excluding hydrogens is 313 g/mol. The van der Waals surface area contributed by atoms with Crippen molar-refractivity contribution < 1.29 is 13.9 Å². The lowest BCUT2D eigenvalue weighted by Gasteiger charge is -2.07. The van der Waals surface area contributed by atoms with Crippen LogP contribution in [0.25, 0.3) is 10.9 Å². The van der Waals surface area contributed by atoms with Gasteiger partial charge in [-0.1, -0.05) is 29.3 Å². The number of hydrogen-bond acceptors (Lipinski definition) is 2. The van der Waals surface area contributed by atoms with Gasteiger partial charge in [-0.25, -0.2) is 13.8 Å². The van der Waals surface area contributed by atoms with Gasteiger partial charge in [-0.2, -0.15) is 0 Å². The molecule has 0 radical (unpaired) electrons. The number of halogens is 2. The number of aromatic nitrogens is 1. The minimum absolute atomic E-state index is 0.270. The molecule has 1 heterocycles. The number of fused-ring (bicyclic) bond motifs is 1. The zero-order valence-electron chi connectivity index (χ0n) is 10.7. The average Bonchev–Trinajstić information content (AvgIpc) is 2.83. The maximum Gasteiger partial charge on any atom is 0.418 e. The highest BCUT2D eigenvalue weighted by Crippen LogP contribution is 2.23. The van der Waals surface area contributed by atoms with Crippen LogP contribution in [0.1, 0.15) is 25.3 Å². The molecule has 2 rings (SSSR count). The van der Waals surface area contributed by atoms with E-state index in [1.807, 2.05) is 13.0 Å². The molecule has 0 amide bonds. The molecule has 0 aliphatic rings. The number of alkyl halides is 1. The van der Waals surface area contributed by atoms with Gasteiger partial charge >= 0.3 is 6.09 Å². The van der Waals surface area contributed by atoms with Crippen LogP contribution >= 0.6 is 15.9 Å². The molecule has 0 aliphatic carbocycles. The van der Waals surface area contributed by atoms with Crippen molar-refractivity contribution >= 4 is 32.9 Å². The van der Waals surface area contributed by atoms with Gasteiger partial charge in [-0.05, 0) is 30.2 Å². The number of benzene rings is 1. The quantitative estimate of drug-likeness (QED) is 0.613. The summed E-state index contributed by atoms with van der Waals surface area (Å²) in [6, 6.07) is 4.99. The van der Waals surface area contributed by atoms with Crippen LogP contribution in [0.4, 0.5) is 9.18 Å². The van der Waals surface area contributed by atoms with Gasteiger partial charge in [0.05, 0.1) is 12.1 Å². The fraction of sp³-hybridized carbons (Fsp3) is 0.357. The molecule has 2 aromatic rings. The van der Waals surface area contributed by atoms with Crippen LogP contribution in [0, 0.1) is 5.82 Å². The summed E-state index contributed by atoms with van der Waals surface area (Å²) in [5, 5.41) is 1.27. The second kappa shape index (κ2) is 6.19. The van der Waals surface area contributed by atoms with Crippen molar-refractivity contribution in [3.8, 4) is 0 Å². The Kier molecular flexibility index (Phi) is 4.58. The Labute approximate surface area is 119 Å². The highest BCUT2D eigenvalue weighted by Gasteiger charge is 2.14. The van der Waals surface area contributed by atoms with Crippen LogP contribution < -0.4 is 0 Å². The summed E-state index contributed by atoms with van der Waals surface area (Å²) < 4.78 is 20.3. The van der Waals surface area contributed by atoms with E-state index in [1.165, 1.54) is 10.6 Å². The molecule has 1 aromatic carbocycles. The van der Waals surface area contributed by atoms with Crippen molar-refractivity contribution in [3.05, 3.63) is 35.8 Å². The minimum Gasteiger partial charge on any atom is -0.449 e. The van der Waals surface area contributed by atoms with E-state index in [2.05, 4.69) is 15.9 Å². The van der Waals surface area contributed by atoms with E-state index in [9.17, 15) is 9.18 Å². The Bertz CT molecular complexity index is 594. The number of rotatable bonds is 4. The van der Waals surface area contributed by atoms with E-state index < -0.39 is 11.9 Å². The largest absolute Gasteiger partial charge is 0.449 e. The molecule has 1 aromatic heterocycles. The molecule has 0 atom stereocenters. The van der Waals surface area contributed by atoms with E-state index in [0.717, 1.165) is 18.4 Å². The lowest BCUT2D eigenvalue weighted by molar-refractivity contribution is 0.147. The molecule has 102 valence electrons. The fourth-order valence-electron chi connectivity index (χ4n) is 1.89. The van der Waals surface area contributed by atoms with E-state index in [4.69, 9.17) is 4.74 Å². The van der Waals surface area contributed by atoms with Crippen molar-refractivity contribution in [2.24, 2.45) is 0 Å². The maximum absolute atomic E-state index is 14.0. The summed E-state index contributed by atoms with van der Waals surface area (Å²) in [5.74, 6) is -0.413. The fourth-order valence-corrected chi connectivity index (χ4v) is 2.22. The maximum atomic E-state index is 14.0. The first kappa shape index (κ1) is 14.1. The van der Waals surface area contributed by atoms with Crippen molar-refractivity contribution in [2.75, 3.05) is 6.61 Å². The first-order valence-corrected chi connectivity index (χ1v) is 7.32. The normalized spacial score (nSPS) is 10.9. The van der Waals surface area contributed by atoms with Crippen molar-refractivity contribution in [1.29, 1.82) is 0 Å². The Balaban J connectivity index is 2.32. The van der Waals surface area contributed by atoms with Gasteiger partial charge in [-0.15, -0.1) is 0 Å². The number of carbonyl (C=O) groups excluding carboxylic acids is 1. The molecule has 3 nitrogen and oxygen atoms in total. The average molecular weight is 328 g/mol. The molecular formula is C14H15BrFNO2. The summed E-state index contributed by atoms with van der Waals surface area (Å²) in [7, 11) is 0. The third-order valence-electron chi connectivity index (χ3n) is 2.87. The topological polar surface area (TPSA) is 31.2 Å². The van der Waals surface area contributed by atoms with Crippen LogP contribution in [0.3, 0.4) is 0 Å². The second-order valence-corrected chi connectivity index (χ2v) is 4.86. The summed E-state index contributed by atoms with van der Waals surface area (Å²) >= 11 is 3.29. The molecule has 19 heavy (non-hydrogen) atoms. The van der Waals surface area contributed by atoms with E-state index in [-0.39, 0.29) is 5.52 Å². The Morgan fingerprint density at radius 3 is 2.95 bits per heavy atom. The summed E-state index contributed by atoms with van der Waals surface area (Å²) in [6.07, 6.45) is 2.76. The van der Waals surface area contributed by atoms with Gasteiger partial charge in [0.1, 0.15) is 5.82 Å². The molecule has 0 spiro atoms. The van der Waals surface area contributed by atoms with Gasteiger partial charge in [0.15, 0.2) is 0 Å². The molecule has 0 bridgehead atoms. The molecule has 0 saturated heterocycles. The lowest BCUT2D eigenvalue weighted by atomic mass is 10.2. The predicted octanol–water partition coefficient (Wildman–Crippen LogP) is 4.46. The van der Waals surface area contributed by atoms with Crippen LogP contribution in [0.5, 0.6) is 0 Å². The molecule has 0 N–H and O–H groups in total. The van der Waals surface area contributed by atoms with Gasteiger partial charge in [-0.3, -0.25) is 0 Å². The van der Waals surface area contributed by atoms with Crippen LogP contribution in [0.15, 0.2) is 24.4 Å². The van der Waals surface area contributed by atoms with E-state index in [0.29, 0.717) is 17.3 Å². The van der Waals surface area contributed by atoms with Crippen LogP contribution in [-0.2, 0) is 10.1 Å². The third-order valence-corrected chi connectivity index (χ3v) is 3.52. The van der Waals surface area contributed by atoms with Gasteiger partial charge in [0, 0.05) is 16.9 Å². The zero-order valence-corrected chi connectivity index (χ0v) is 12.2. The number of carbonyl (C=O) groups is 1. The van der Waals surface area contributed by atoms with E-state index in [1.54, 1.807) is 12.3 Å². The summed E-state index contributed by atoms with van der Waals surface area (Å²) in [5.41, 5.74) is 1.10. The summed E-state index contributed by atoms with van der Waals surface area (Å²) in [4.78, 5) is 11.9. The lowest BCUT2D eigenvalue weighted by Crippen LogP contribution is -2.13. The van der Waals surface area contributed by atoms with Crippen molar-refractivity contribution in [1.82, 2.24) is 4.57 Å². The zero-order chi connectivity index (χ0) is 13.8. The third kappa shape index (κ3) is 2.97. The number of ether oxygens (including phenoxy) is 1. The smallest absolute Gasteiger partial charge is 0.418 e. The van der Waals surface area contributed by atoms with Gasteiger partial charge in [0.2, 0.25) is 0 Å². The van der Waals surface area contributed by atoms with Crippen molar-refractivity contribution in [3.63, 3.8) is 0 Å². The number of unbranched alkanes of at least 4 members (excludes halogenated alkanes) is 1. The van der Waals surface area contributed by atoms with Crippen LogP contribution in [-0.4, -0.2) is 17.3 Å². The second-order valence-electron chi connectivity index (χ2n) is 4.30. The first-order valence-electron chi connectivity index (χ1n) is 6.20. The standard InChI is InChI=1S/C14H15BrFNO2/c1-2-3-6-19-14(18)17-5-4-11-7-10(9-15)8-12(16)13(11)17/h4-5,7-8H,2-3,6,9H2,1H3. The first-order chi connectivity index (χ1) is 9.17. The van der Waals surface area contributed by atoms with E-state index >= 15 is 0 Å².